The van der Waals surface area contributed by atoms with Crippen molar-refractivity contribution in [3.8, 4) is 0 Å². The molecule has 5 heteroatoms. The molecule has 4 rings (SSSR count). The zero-order valence-electron chi connectivity index (χ0n) is 14.2. The van der Waals surface area contributed by atoms with Crippen LogP contribution in [0.15, 0.2) is 30.3 Å². The minimum atomic E-state index is 0.0491. The van der Waals surface area contributed by atoms with Gasteiger partial charge in [-0.2, -0.15) is 5.10 Å². The lowest BCUT2D eigenvalue weighted by Crippen LogP contribution is -2.53. The molecule has 1 aliphatic carbocycles. The van der Waals surface area contributed by atoms with E-state index >= 15 is 0 Å². The second-order valence-corrected chi connectivity index (χ2v) is 6.93. The molecule has 1 aliphatic heterocycles. The highest BCUT2D eigenvalue weighted by Gasteiger charge is 2.29. The number of carbonyl (C=O) groups excluding carboxylic acids is 1. The number of piperazine rings is 1. The van der Waals surface area contributed by atoms with Gasteiger partial charge < -0.3 is 4.90 Å². The molecule has 2 aromatic rings. The highest BCUT2D eigenvalue weighted by Crippen LogP contribution is 2.25. The monoisotopic (exact) mass is 324 g/mol. The molecule has 0 spiro atoms. The Morgan fingerprint density at radius 2 is 1.92 bits per heavy atom. The maximum absolute atomic E-state index is 12.5. The zero-order chi connectivity index (χ0) is 16.5. The summed E-state index contributed by atoms with van der Waals surface area (Å²) in [6.45, 7) is 5.43. The first-order valence-electron chi connectivity index (χ1n) is 8.83. The third-order valence-corrected chi connectivity index (χ3v) is 5.36. The predicted octanol–water partition coefficient (Wildman–Crippen LogP) is 2.03. The van der Waals surface area contributed by atoms with Gasteiger partial charge in [-0.3, -0.25) is 14.8 Å². The number of fused-ring (bicyclic) bond motifs is 1. The fraction of sp³-hybridized carbons (Fsp3) is 0.474. The van der Waals surface area contributed by atoms with Crippen molar-refractivity contribution in [2.24, 2.45) is 0 Å². The van der Waals surface area contributed by atoms with Crippen LogP contribution >= 0.6 is 0 Å². The van der Waals surface area contributed by atoms with E-state index in [1.807, 2.05) is 17.9 Å². The molecule has 1 N–H and O–H groups in total. The molecule has 1 saturated heterocycles. The van der Waals surface area contributed by atoms with Gasteiger partial charge in [-0.15, -0.1) is 0 Å². The summed E-state index contributed by atoms with van der Waals surface area (Å²) in [7, 11) is 0. The van der Waals surface area contributed by atoms with Gasteiger partial charge in [0.05, 0.1) is 0 Å². The Kier molecular flexibility index (Phi) is 4.10. The van der Waals surface area contributed by atoms with Gasteiger partial charge in [-0.05, 0) is 43.4 Å². The number of H-pyrrole nitrogens is 1. The number of nitrogens with zero attached hydrogens (tertiary/aromatic N) is 3. The lowest BCUT2D eigenvalue weighted by Gasteiger charge is -2.41. The van der Waals surface area contributed by atoms with Crippen LogP contribution in [0.5, 0.6) is 0 Å². The number of benzene rings is 1. The molecule has 126 valence electrons. The number of carbonyl (C=O) groups is 1. The number of hydrogen-bond acceptors (Lipinski definition) is 3. The van der Waals surface area contributed by atoms with Crippen molar-refractivity contribution < 1.29 is 4.79 Å². The van der Waals surface area contributed by atoms with Crippen molar-refractivity contribution >= 4 is 5.91 Å². The molecule has 1 atom stereocenters. The molecule has 5 nitrogen and oxygen atoms in total. The quantitative estimate of drug-likeness (QED) is 0.920. The second kappa shape index (κ2) is 6.40. The molecular formula is C19H24N4O. The van der Waals surface area contributed by atoms with E-state index in [1.165, 1.54) is 24.0 Å². The third kappa shape index (κ3) is 2.96. The molecule has 1 aromatic heterocycles. The SMILES string of the molecule is Cc1cc(C(=O)N2CCN(C3CCc4ccccc4C3)CC2)n[nH]1. The zero-order valence-corrected chi connectivity index (χ0v) is 14.2. The molecule has 1 amide bonds. The van der Waals surface area contributed by atoms with E-state index in [0.29, 0.717) is 11.7 Å². The van der Waals surface area contributed by atoms with Crippen molar-refractivity contribution in [3.05, 3.63) is 52.8 Å². The molecule has 1 fully saturated rings. The van der Waals surface area contributed by atoms with Crippen LogP contribution in [-0.2, 0) is 12.8 Å². The van der Waals surface area contributed by atoms with Crippen molar-refractivity contribution in [2.75, 3.05) is 26.2 Å². The molecule has 1 aromatic carbocycles. The van der Waals surface area contributed by atoms with Gasteiger partial charge in [0.25, 0.3) is 5.91 Å². The average Bonchev–Trinajstić information content (AvgIpc) is 3.07. The van der Waals surface area contributed by atoms with Gasteiger partial charge in [0.15, 0.2) is 0 Å². The van der Waals surface area contributed by atoms with Crippen LogP contribution in [0.25, 0.3) is 0 Å². The van der Waals surface area contributed by atoms with E-state index in [4.69, 9.17) is 0 Å². The lowest BCUT2D eigenvalue weighted by atomic mass is 9.87. The molecular weight excluding hydrogens is 300 g/mol. The number of rotatable bonds is 2. The first kappa shape index (κ1) is 15.4. The summed E-state index contributed by atoms with van der Waals surface area (Å²) in [6.07, 6.45) is 3.54. The molecule has 2 aliphatic rings. The topological polar surface area (TPSA) is 52.2 Å². The Morgan fingerprint density at radius 3 is 2.62 bits per heavy atom. The number of amides is 1. The maximum Gasteiger partial charge on any atom is 0.274 e. The molecule has 0 saturated carbocycles. The van der Waals surface area contributed by atoms with Crippen molar-refractivity contribution in [1.82, 2.24) is 20.0 Å². The summed E-state index contributed by atoms with van der Waals surface area (Å²) in [4.78, 5) is 17.0. The van der Waals surface area contributed by atoms with Crippen LogP contribution in [0, 0.1) is 6.92 Å². The number of nitrogens with one attached hydrogen (secondary N) is 1. The fourth-order valence-electron chi connectivity index (χ4n) is 3.97. The Labute approximate surface area is 142 Å². The summed E-state index contributed by atoms with van der Waals surface area (Å²) < 4.78 is 0. The Bertz CT molecular complexity index is 730. The molecule has 2 heterocycles. The Balaban J connectivity index is 1.36. The first-order chi connectivity index (χ1) is 11.7. The minimum Gasteiger partial charge on any atom is -0.335 e. The summed E-state index contributed by atoms with van der Waals surface area (Å²) >= 11 is 0. The lowest BCUT2D eigenvalue weighted by molar-refractivity contribution is 0.0548. The highest BCUT2D eigenvalue weighted by molar-refractivity contribution is 5.92. The van der Waals surface area contributed by atoms with Crippen molar-refractivity contribution in [3.63, 3.8) is 0 Å². The van der Waals surface area contributed by atoms with Gasteiger partial charge in [0.2, 0.25) is 0 Å². The van der Waals surface area contributed by atoms with Crippen LogP contribution in [0.3, 0.4) is 0 Å². The normalized spacial score (nSPS) is 21.5. The van der Waals surface area contributed by atoms with E-state index < -0.39 is 0 Å². The smallest absolute Gasteiger partial charge is 0.274 e. The molecule has 0 bridgehead atoms. The fourth-order valence-corrected chi connectivity index (χ4v) is 3.97. The molecule has 1 unspecified atom stereocenters. The number of aromatic amines is 1. The van der Waals surface area contributed by atoms with Gasteiger partial charge in [-0.25, -0.2) is 0 Å². The van der Waals surface area contributed by atoms with Crippen molar-refractivity contribution in [2.45, 2.75) is 32.2 Å². The van der Waals surface area contributed by atoms with Crippen LogP contribution in [-0.4, -0.2) is 58.1 Å². The number of hydrogen-bond donors (Lipinski definition) is 1. The van der Waals surface area contributed by atoms with Gasteiger partial charge >= 0.3 is 0 Å². The standard InChI is InChI=1S/C19H24N4O/c1-14-12-18(21-20-14)19(24)23-10-8-22(9-11-23)17-7-6-15-4-2-3-5-16(15)13-17/h2-5,12,17H,6-11,13H2,1H3,(H,20,21). The average molecular weight is 324 g/mol. The van der Waals surface area contributed by atoms with Crippen molar-refractivity contribution in [1.29, 1.82) is 0 Å². The first-order valence-corrected chi connectivity index (χ1v) is 8.83. The van der Waals surface area contributed by atoms with Crippen LogP contribution in [0.2, 0.25) is 0 Å². The number of aromatic nitrogens is 2. The van der Waals surface area contributed by atoms with Gasteiger partial charge in [-0.1, -0.05) is 24.3 Å². The summed E-state index contributed by atoms with van der Waals surface area (Å²) in [6, 6.07) is 11.2. The summed E-state index contributed by atoms with van der Waals surface area (Å²) in [5.74, 6) is 0.0491. The Hall–Kier alpha value is -2.14. The van der Waals surface area contributed by atoms with E-state index in [2.05, 4.69) is 39.4 Å². The van der Waals surface area contributed by atoms with Gasteiger partial charge in [0.1, 0.15) is 5.69 Å². The predicted molar refractivity (Wildman–Crippen MR) is 93.1 cm³/mol. The van der Waals surface area contributed by atoms with Crippen LogP contribution in [0.4, 0.5) is 0 Å². The molecule has 24 heavy (non-hydrogen) atoms. The molecule has 0 radical (unpaired) electrons. The van der Waals surface area contributed by atoms with Crippen LogP contribution < -0.4 is 0 Å². The van der Waals surface area contributed by atoms with E-state index in [9.17, 15) is 4.79 Å². The van der Waals surface area contributed by atoms with E-state index in [-0.39, 0.29) is 5.91 Å². The third-order valence-electron chi connectivity index (χ3n) is 5.36. The van der Waals surface area contributed by atoms with E-state index in [0.717, 1.165) is 38.3 Å². The minimum absolute atomic E-state index is 0.0491. The second-order valence-electron chi connectivity index (χ2n) is 6.93. The van der Waals surface area contributed by atoms with Crippen LogP contribution in [0.1, 0.15) is 33.7 Å². The summed E-state index contributed by atoms with van der Waals surface area (Å²) in [5, 5.41) is 6.95. The van der Waals surface area contributed by atoms with Gasteiger partial charge in [0, 0.05) is 37.9 Å². The maximum atomic E-state index is 12.5. The highest BCUT2D eigenvalue weighted by atomic mass is 16.2. The largest absolute Gasteiger partial charge is 0.335 e. The number of aryl methyl sites for hydroxylation is 2. The van der Waals surface area contributed by atoms with E-state index in [1.54, 1.807) is 0 Å². The summed E-state index contributed by atoms with van der Waals surface area (Å²) in [5.41, 5.74) is 4.47. The Morgan fingerprint density at radius 1 is 1.17 bits per heavy atom.